The summed E-state index contributed by atoms with van der Waals surface area (Å²) in [7, 11) is 1.63. The van der Waals surface area contributed by atoms with Crippen molar-refractivity contribution >= 4 is 6.03 Å². The lowest BCUT2D eigenvalue weighted by Crippen LogP contribution is -2.61. The molecule has 2 amide bonds. The van der Waals surface area contributed by atoms with E-state index in [1.807, 2.05) is 4.90 Å². The molecule has 2 aliphatic heterocycles. The zero-order valence-corrected chi connectivity index (χ0v) is 9.21. The highest BCUT2D eigenvalue weighted by Gasteiger charge is 2.46. The van der Waals surface area contributed by atoms with Crippen LogP contribution in [0.1, 0.15) is 6.42 Å². The van der Waals surface area contributed by atoms with Crippen LogP contribution in [-0.4, -0.2) is 57.4 Å². The highest BCUT2D eigenvalue weighted by molar-refractivity contribution is 5.75. The normalized spacial score (nSPS) is 22.9. The van der Waals surface area contributed by atoms with Crippen LogP contribution < -0.4 is 10.6 Å². The molecule has 0 atom stereocenters. The number of carbonyl (C=O) groups is 1. The Bertz CT molecular complexity index is 231. The lowest BCUT2D eigenvalue weighted by Gasteiger charge is -2.47. The number of carbonyl (C=O) groups excluding carboxylic acids is 1. The number of methoxy groups -OCH3 is 1. The second kappa shape index (κ2) is 4.37. The van der Waals surface area contributed by atoms with Gasteiger partial charge in [-0.05, 0) is 13.0 Å². The maximum absolute atomic E-state index is 11.6. The topological polar surface area (TPSA) is 53.6 Å². The monoisotopic (exact) mass is 213 g/mol. The van der Waals surface area contributed by atoms with Crippen LogP contribution in [-0.2, 0) is 4.74 Å². The van der Waals surface area contributed by atoms with Crippen molar-refractivity contribution < 1.29 is 9.53 Å². The third-order valence-corrected chi connectivity index (χ3v) is 3.25. The van der Waals surface area contributed by atoms with Crippen LogP contribution in [0.2, 0.25) is 0 Å². The van der Waals surface area contributed by atoms with Crippen LogP contribution in [0.25, 0.3) is 0 Å². The Labute approximate surface area is 90.1 Å². The Kier molecular flexibility index (Phi) is 3.11. The van der Waals surface area contributed by atoms with E-state index < -0.39 is 0 Å². The average Bonchev–Trinajstić information content (AvgIpc) is 2.64. The van der Waals surface area contributed by atoms with E-state index in [1.54, 1.807) is 7.11 Å². The van der Waals surface area contributed by atoms with Gasteiger partial charge in [-0.15, -0.1) is 0 Å². The molecule has 1 spiro atoms. The largest absolute Gasteiger partial charge is 0.383 e. The number of nitrogens with one attached hydrogen (secondary N) is 2. The predicted molar refractivity (Wildman–Crippen MR) is 56.8 cm³/mol. The van der Waals surface area contributed by atoms with Gasteiger partial charge in [-0.1, -0.05) is 0 Å². The Morgan fingerprint density at radius 2 is 2.40 bits per heavy atom. The van der Waals surface area contributed by atoms with Crippen molar-refractivity contribution in [2.75, 3.05) is 46.4 Å². The van der Waals surface area contributed by atoms with Gasteiger partial charge < -0.3 is 20.3 Å². The number of urea groups is 1. The molecule has 15 heavy (non-hydrogen) atoms. The fourth-order valence-corrected chi connectivity index (χ4v) is 2.34. The number of ether oxygens (including phenoxy) is 1. The van der Waals surface area contributed by atoms with E-state index in [2.05, 4.69) is 10.6 Å². The summed E-state index contributed by atoms with van der Waals surface area (Å²) in [5, 5.41) is 6.18. The maximum atomic E-state index is 11.6. The number of likely N-dealkylation sites (tertiary alicyclic amines) is 1. The minimum Gasteiger partial charge on any atom is -0.383 e. The quantitative estimate of drug-likeness (QED) is 0.629. The minimum atomic E-state index is 0.0459. The van der Waals surface area contributed by atoms with Crippen LogP contribution in [0, 0.1) is 5.41 Å². The molecular formula is C10H19N3O2. The van der Waals surface area contributed by atoms with Gasteiger partial charge in [0.15, 0.2) is 0 Å². The lowest BCUT2D eigenvalue weighted by atomic mass is 9.79. The summed E-state index contributed by atoms with van der Waals surface area (Å²) in [4.78, 5) is 13.5. The molecule has 5 heteroatoms. The van der Waals surface area contributed by atoms with E-state index in [1.165, 1.54) is 6.42 Å². The molecule has 0 aromatic carbocycles. The van der Waals surface area contributed by atoms with Gasteiger partial charge in [0.2, 0.25) is 0 Å². The van der Waals surface area contributed by atoms with Crippen LogP contribution in [0.15, 0.2) is 0 Å². The van der Waals surface area contributed by atoms with Crippen molar-refractivity contribution in [3.63, 3.8) is 0 Å². The third-order valence-electron chi connectivity index (χ3n) is 3.25. The number of hydrogen-bond donors (Lipinski definition) is 2. The van der Waals surface area contributed by atoms with Gasteiger partial charge >= 0.3 is 6.03 Å². The van der Waals surface area contributed by atoms with Crippen LogP contribution in [0.5, 0.6) is 0 Å². The fraction of sp³-hybridized carbons (Fsp3) is 0.900. The average molecular weight is 213 g/mol. The summed E-state index contributed by atoms with van der Waals surface area (Å²) in [5.41, 5.74) is 0.387. The number of nitrogens with zero attached hydrogens (tertiary/aromatic N) is 1. The van der Waals surface area contributed by atoms with E-state index in [-0.39, 0.29) is 6.03 Å². The Morgan fingerprint density at radius 3 is 3.00 bits per heavy atom. The summed E-state index contributed by atoms with van der Waals surface area (Å²) >= 11 is 0. The summed E-state index contributed by atoms with van der Waals surface area (Å²) in [5.74, 6) is 0. The van der Waals surface area contributed by atoms with E-state index in [9.17, 15) is 4.79 Å². The van der Waals surface area contributed by atoms with Crippen molar-refractivity contribution in [1.29, 1.82) is 0 Å². The van der Waals surface area contributed by atoms with Gasteiger partial charge in [0, 0.05) is 38.7 Å². The zero-order valence-electron chi connectivity index (χ0n) is 9.21. The minimum absolute atomic E-state index is 0.0459. The summed E-state index contributed by atoms with van der Waals surface area (Å²) in [6.07, 6.45) is 1.20. The zero-order chi connectivity index (χ0) is 10.7. The lowest BCUT2D eigenvalue weighted by molar-refractivity contribution is 0.0470. The first-order valence-electron chi connectivity index (χ1n) is 5.48. The Hall–Kier alpha value is -0.810. The van der Waals surface area contributed by atoms with Crippen LogP contribution in [0.3, 0.4) is 0 Å². The van der Waals surface area contributed by atoms with Gasteiger partial charge in [-0.3, -0.25) is 0 Å². The second-order valence-electron chi connectivity index (χ2n) is 4.51. The Morgan fingerprint density at radius 1 is 1.60 bits per heavy atom. The van der Waals surface area contributed by atoms with Crippen molar-refractivity contribution in [2.24, 2.45) is 5.41 Å². The molecule has 0 aliphatic carbocycles. The third kappa shape index (κ3) is 2.23. The molecule has 0 saturated carbocycles. The highest BCUT2D eigenvalue weighted by atomic mass is 16.5. The Balaban J connectivity index is 1.67. The number of rotatable bonds is 3. The van der Waals surface area contributed by atoms with Gasteiger partial charge in [-0.25, -0.2) is 4.79 Å². The summed E-state index contributed by atoms with van der Waals surface area (Å²) in [6, 6.07) is 0.0459. The van der Waals surface area contributed by atoms with Crippen molar-refractivity contribution in [3.05, 3.63) is 0 Å². The molecule has 0 aromatic heterocycles. The molecule has 86 valence electrons. The fourth-order valence-electron chi connectivity index (χ4n) is 2.34. The van der Waals surface area contributed by atoms with Crippen molar-refractivity contribution in [3.8, 4) is 0 Å². The molecule has 2 saturated heterocycles. The molecular weight excluding hydrogens is 194 g/mol. The molecule has 2 rings (SSSR count). The van der Waals surface area contributed by atoms with Gasteiger partial charge in [0.05, 0.1) is 6.61 Å². The van der Waals surface area contributed by atoms with Crippen LogP contribution in [0.4, 0.5) is 4.79 Å². The molecule has 0 unspecified atom stereocenters. The molecule has 5 nitrogen and oxygen atoms in total. The van der Waals surface area contributed by atoms with E-state index in [0.29, 0.717) is 18.6 Å². The summed E-state index contributed by atoms with van der Waals surface area (Å²) < 4.78 is 4.87. The van der Waals surface area contributed by atoms with Gasteiger partial charge in [0.1, 0.15) is 0 Å². The first-order chi connectivity index (χ1) is 7.26. The predicted octanol–water partition coefficient (Wildman–Crippen LogP) is -0.362. The van der Waals surface area contributed by atoms with Crippen molar-refractivity contribution in [1.82, 2.24) is 15.5 Å². The second-order valence-corrected chi connectivity index (χ2v) is 4.51. The highest BCUT2D eigenvalue weighted by Crippen LogP contribution is 2.35. The van der Waals surface area contributed by atoms with Gasteiger partial charge in [0.25, 0.3) is 0 Å². The molecule has 0 radical (unpaired) electrons. The maximum Gasteiger partial charge on any atom is 0.317 e. The molecule has 0 aromatic rings. The first kappa shape index (κ1) is 10.7. The molecule has 2 aliphatic rings. The van der Waals surface area contributed by atoms with E-state index >= 15 is 0 Å². The SMILES string of the molecule is COCCNC(=O)N1CC2(CCNC2)C1. The molecule has 2 heterocycles. The smallest absolute Gasteiger partial charge is 0.317 e. The number of hydrogen-bond acceptors (Lipinski definition) is 3. The van der Waals surface area contributed by atoms with E-state index in [4.69, 9.17) is 4.74 Å². The van der Waals surface area contributed by atoms with E-state index in [0.717, 1.165) is 26.2 Å². The summed E-state index contributed by atoms with van der Waals surface area (Å²) in [6.45, 7) is 5.13. The standard InChI is InChI=1S/C10H19N3O2/c1-15-5-4-12-9(14)13-7-10(8-13)2-3-11-6-10/h11H,2-8H2,1H3,(H,12,14). The van der Waals surface area contributed by atoms with Crippen LogP contribution >= 0.6 is 0 Å². The molecule has 0 bridgehead atoms. The van der Waals surface area contributed by atoms with Crippen molar-refractivity contribution in [2.45, 2.75) is 6.42 Å². The first-order valence-corrected chi connectivity index (χ1v) is 5.48. The molecule has 2 N–H and O–H groups in total. The number of amides is 2. The molecule has 2 fully saturated rings. The van der Waals surface area contributed by atoms with Gasteiger partial charge in [-0.2, -0.15) is 0 Å².